The first-order valence-corrected chi connectivity index (χ1v) is 8.89. The van der Waals surface area contributed by atoms with Crippen molar-refractivity contribution < 1.29 is 4.74 Å². The summed E-state index contributed by atoms with van der Waals surface area (Å²) < 4.78 is 5.43. The minimum Gasteiger partial charge on any atom is -0.494 e. The van der Waals surface area contributed by atoms with Crippen molar-refractivity contribution in [3.8, 4) is 5.75 Å². The van der Waals surface area contributed by atoms with Crippen molar-refractivity contribution in [1.82, 2.24) is 0 Å². The van der Waals surface area contributed by atoms with Gasteiger partial charge in [0, 0.05) is 0 Å². The van der Waals surface area contributed by atoms with Crippen LogP contribution in [0.2, 0.25) is 13.1 Å². The van der Waals surface area contributed by atoms with Crippen LogP contribution in [0.5, 0.6) is 5.75 Å². The molecule has 0 heterocycles. The van der Waals surface area contributed by atoms with Gasteiger partial charge in [0.2, 0.25) is 0 Å². The van der Waals surface area contributed by atoms with Gasteiger partial charge in [-0.2, -0.15) is 11.1 Å². The molecule has 0 aliphatic heterocycles. The Kier molecular flexibility index (Phi) is 3.62. The molecule has 0 radical (unpaired) electrons. The van der Waals surface area contributed by atoms with E-state index in [1.807, 2.05) is 13.0 Å². The second-order valence-electron chi connectivity index (χ2n) is 3.88. The van der Waals surface area contributed by atoms with E-state index in [1.54, 1.807) is 0 Å². The number of hydrogen-bond acceptors (Lipinski definition) is 1. The number of rotatable bonds is 3. The van der Waals surface area contributed by atoms with Crippen LogP contribution < -0.4 is 9.92 Å². The molecule has 0 unspecified atom stereocenters. The van der Waals surface area contributed by atoms with E-state index in [4.69, 9.17) is 15.8 Å². The summed E-state index contributed by atoms with van der Waals surface area (Å²) in [6, 6.07) is 6.17. The summed E-state index contributed by atoms with van der Waals surface area (Å²) in [7, 11) is -1.71. The number of ether oxygens (including phenoxy) is 1. The lowest BCUT2D eigenvalue weighted by Crippen LogP contribution is -2.36. The molecule has 0 spiro atoms. The van der Waals surface area contributed by atoms with E-state index >= 15 is 0 Å². The molecule has 0 bridgehead atoms. The van der Waals surface area contributed by atoms with Gasteiger partial charge in [0.15, 0.2) is 7.38 Å². The van der Waals surface area contributed by atoms with Crippen LogP contribution in [0.4, 0.5) is 0 Å². The molecule has 0 aliphatic carbocycles. The van der Waals surface area contributed by atoms with Crippen LogP contribution >= 0.6 is 11.1 Å². The molecule has 78 valence electrons. The van der Waals surface area contributed by atoms with Gasteiger partial charge in [-0.25, -0.2) is 0 Å². The quantitative estimate of drug-likeness (QED) is 0.571. The third kappa shape index (κ3) is 2.76. The van der Waals surface area contributed by atoms with Crippen LogP contribution in [-0.4, -0.2) is 14.0 Å². The summed E-state index contributed by atoms with van der Waals surface area (Å²) in [5, 5.41) is 1.29. The maximum atomic E-state index is 6.39. The van der Waals surface area contributed by atoms with Gasteiger partial charge >= 0.3 is 0 Å². The second kappa shape index (κ2) is 4.37. The molecular formula is C11H17ClOSi. The van der Waals surface area contributed by atoms with Gasteiger partial charge in [-0.3, -0.25) is 0 Å². The van der Waals surface area contributed by atoms with Crippen LogP contribution in [-0.2, 0) is 0 Å². The van der Waals surface area contributed by atoms with Gasteiger partial charge in [-0.1, -0.05) is 19.2 Å². The Morgan fingerprint density at radius 2 is 2.00 bits per heavy atom. The number of benzene rings is 1. The predicted octanol–water partition coefficient (Wildman–Crippen LogP) is 3.04. The van der Waals surface area contributed by atoms with Crippen molar-refractivity contribution >= 4 is 23.6 Å². The van der Waals surface area contributed by atoms with Crippen molar-refractivity contribution in [3.63, 3.8) is 0 Å². The Balaban J connectivity index is 3.02. The maximum absolute atomic E-state index is 6.39. The molecule has 0 N–H and O–H groups in total. The predicted molar refractivity (Wildman–Crippen MR) is 65.3 cm³/mol. The summed E-state index contributed by atoms with van der Waals surface area (Å²) in [4.78, 5) is 0. The van der Waals surface area contributed by atoms with Gasteiger partial charge in [0.25, 0.3) is 0 Å². The molecule has 0 saturated carbocycles. The van der Waals surface area contributed by atoms with Crippen LogP contribution in [0, 0.1) is 6.92 Å². The Morgan fingerprint density at radius 1 is 1.36 bits per heavy atom. The zero-order chi connectivity index (χ0) is 10.8. The molecule has 3 heteroatoms. The van der Waals surface area contributed by atoms with E-state index in [9.17, 15) is 0 Å². The van der Waals surface area contributed by atoms with Crippen molar-refractivity contribution in [2.75, 3.05) is 6.61 Å². The van der Waals surface area contributed by atoms with Gasteiger partial charge < -0.3 is 4.74 Å². The molecule has 0 aromatic heterocycles. The smallest absolute Gasteiger partial charge is 0.181 e. The largest absolute Gasteiger partial charge is 0.494 e. The Labute approximate surface area is 91.8 Å². The highest BCUT2D eigenvalue weighted by Crippen LogP contribution is 2.16. The molecule has 0 atom stereocenters. The van der Waals surface area contributed by atoms with Crippen molar-refractivity contribution in [2.45, 2.75) is 26.9 Å². The molecule has 0 fully saturated rings. The van der Waals surface area contributed by atoms with E-state index < -0.39 is 7.38 Å². The number of aryl methyl sites for hydroxylation is 1. The highest BCUT2D eigenvalue weighted by molar-refractivity contribution is 7.26. The summed E-state index contributed by atoms with van der Waals surface area (Å²) in [6.07, 6.45) is 0. The Bertz CT molecular complexity index is 318. The average molecular weight is 229 g/mol. The van der Waals surface area contributed by atoms with Crippen molar-refractivity contribution in [2.24, 2.45) is 0 Å². The van der Waals surface area contributed by atoms with Crippen LogP contribution in [0.3, 0.4) is 0 Å². The zero-order valence-corrected chi connectivity index (χ0v) is 11.0. The van der Waals surface area contributed by atoms with E-state index in [-0.39, 0.29) is 0 Å². The summed E-state index contributed by atoms with van der Waals surface area (Å²) in [5.41, 5.74) is 1.24. The van der Waals surface area contributed by atoms with E-state index in [1.165, 1.54) is 10.8 Å². The lowest BCUT2D eigenvalue weighted by Gasteiger charge is -2.17. The molecule has 1 aromatic rings. The normalized spacial score (nSPS) is 11.5. The summed E-state index contributed by atoms with van der Waals surface area (Å²) >= 11 is 6.39. The van der Waals surface area contributed by atoms with Gasteiger partial charge in [-0.15, -0.1) is 0 Å². The molecule has 1 aromatic carbocycles. The lowest BCUT2D eigenvalue weighted by atomic mass is 10.2. The molecule has 14 heavy (non-hydrogen) atoms. The molecular weight excluding hydrogens is 212 g/mol. The first-order valence-electron chi connectivity index (χ1n) is 4.88. The topological polar surface area (TPSA) is 9.23 Å². The molecule has 0 amide bonds. The second-order valence-corrected chi connectivity index (χ2v) is 10.2. The molecule has 1 rings (SSSR count). The highest BCUT2D eigenvalue weighted by Gasteiger charge is 2.22. The minimum atomic E-state index is -1.71. The highest BCUT2D eigenvalue weighted by atomic mass is 35.6. The van der Waals surface area contributed by atoms with E-state index in [2.05, 4.69) is 32.2 Å². The lowest BCUT2D eigenvalue weighted by molar-refractivity contribution is 0.340. The third-order valence-electron chi connectivity index (χ3n) is 2.15. The van der Waals surface area contributed by atoms with Crippen LogP contribution in [0.1, 0.15) is 12.5 Å². The van der Waals surface area contributed by atoms with Gasteiger partial charge in [0.1, 0.15) is 5.75 Å². The fourth-order valence-corrected chi connectivity index (χ4v) is 3.69. The minimum absolute atomic E-state index is 0.709. The van der Waals surface area contributed by atoms with Gasteiger partial charge in [0.05, 0.1) is 6.61 Å². The van der Waals surface area contributed by atoms with Crippen LogP contribution in [0.25, 0.3) is 0 Å². The Hall–Kier alpha value is -0.473. The van der Waals surface area contributed by atoms with E-state index in [0.29, 0.717) is 6.61 Å². The number of halogens is 1. The fraction of sp³-hybridized carbons (Fsp3) is 0.455. The van der Waals surface area contributed by atoms with Crippen LogP contribution in [0.15, 0.2) is 18.2 Å². The monoisotopic (exact) mass is 228 g/mol. The summed E-state index contributed by atoms with van der Waals surface area (Å²) in [5.74, 6) is 0.934. The maximum Gasteiger partial charge on any atom is 0.181 e. The standard InChI is InChI=1S/C11H17ClOSi/c1-5-13-10-6-7-11(9(2)8-10)14(3,4)12/h6-8H,5H2,1-4H3. The SMILES string of the molecule is CCOc1ccc([Si](C)(C)Cl)c(C)c1. The first-order chi connectivity index (χ1) is 6.45. The number of hydrogen-bond donors (Lipinski definition) is 0. The zero-order valence-electron chi connectivity index (χ0n) is 9.23. The average Bonchev–Trinajstić information content (AvgIpc) is 2.02. The van der Waals surface area contributed by atoms with Crippen molar-refractivity contribution in [3.05, 3.63) is 23.8 Å². The van der Waals surface area contributed by atoms with E-state index in [0.717, 1.165) is 5.75 Å². The molecule has 0 saturated heterocycles. The summed E-state index contributed by atoms with van der Waals surface area (Å²) in [6.45, 7) is 9.06. The first kappa shape index (κ1) is 11.6. The molecule has 1 nitrogen and oxygen atoms in total. The van der Waals surface area contributed by atoms with Crippen molar-refractivity contribution in [1.29, 1.82) is 0 Å². The van der Waals surface area contributed by atoms with Gasteiger partial charge in [-0.05, 0) is 36.7 Å². The molecule has 0 aliphatic rings. The Morgan fingerprint density at radius 3 is 2.43 bits per heavy atom. The fourth-order valence-electron chi connectivity index (χ4n) is 1.56. The third-order valence-corrected chi connectivity index (χ3v) is 4.60.